The largest absolute Gasteiger partial charge is 0.494 e. The van der Waals surface area contributed by atoms with E-state index in [1.807, 2.05) is 26.8 Å². The molecule has 0 aromatic heterocycles. The monoisotopic (exact) mass is 394 g/mol. The predicted molar refractivity (Wildman–Crippen MR) is 114 cm³/mol. The van der Waals surface area contributed by atoms with Gasteiger partial charge in [0.25, 0.3) is 0 Å². The van der Waals surface area contributed by atoms with E-state index < -0.39 is 14.6 Å². The number of hydrogen-bond acceptors (Lipinski definition) is 3. The van der Waals surface area contributed by atoms with Crippen LogP contribution in [0.2, 0.25) is 0 Å². The molecule has 27 heavy (non-hydrogen) atoms. The lowest BCUT2D eigenvalue weighted by Crippen LogP contribution is -2.34. The zero-order valence-electron chi connectivity index (χ0n) is 17.7. The maximum atomic E-state index is 12.4. The Labute approximate surface area is 166 Å². The average molecular weight is 395 g/mol. The molecule has 1 fully saturated rings. The van der Waals surface area contributed by atoms with Crippen molar-refractivity contribution in [2.75, 3.05) is 12.4 Å². The first kappa shape index (κ1) is 22.3. The third-order valence-electron chi connectivity index (χ3n) is 5.86. The number of ether oxygens (including phenoxy) is 1. The van der Waals surface area contributed by atoms with E-state index in [4.69, 9.17) is 4.74 Å². The number of sulfone groups is 1. The molecule has 0 amide bonds. The van der Waals surface area contributed by atoms with Gasteiger partial charge < -0.3 is 4.74 Å². The third-order valence-corrected chi connectivity index (χ3v) is 8.64. The van der Waals surface area contributed by atoms with Crippen LogP contribution in [-0.4, -0.2) is 25.5 Å². The van der Waals surface area contributed by atoms with Gasteiger partial charge in [0.15, 0.2) is 9.84 Å². The SMILES string of the molecule is CCCCOc1cccc(CCC2CCC(CS(=O)(=O)C(C)(C)C)CC2)c1. The van der Waals surface area contributed by atoms with Gasteiger partial charge >= 0.3 is 0 Å². The van der Waals surface area contributed by atoms with Crippen molar-refractivity contribution in [3.05, 3.63) is 29.8 Å². The van der Waals surface area contributed by atoms with Crippen molar-refractivity contribution in [3.8, 4) is 5.75 Å². The molecule has 1 aromatic rings. The van der Waals surface area contributed by atoms with Gasteiger partial charge in [-0.3, -0.25) is 0 Å². The minimum atomic E-state index is -3.00. The highest BCUT2D eigenvalue weighted by Crippen LogP contribution is 2.34. The van der Waals surface area contributed by atoms with E-state index in [-0.39, 0.29) is 0 Å². The Kier molecular flexibility index (Phi) is 8.20. The summed E-state index contributed by atoms with van der Waals surface area (Å²) in [5.41, 5.74) is 1.35. The molecule has 0 N–H and O–H groups in total. The quantitative estimate of drug-likeness (QED) is 0.496. The van der Waals surface area contributed by atoms with Crippen LogP contribution in [0, 0.1) is 11.8 Å². The smallest absolute Gasteiger partial charge is 0.155 e. The summed E-state index contributed by atoms with van der Waals surface area (Å²) in [6.07, 6.45) is 8.96. The van der Waals surface area contributed by atoms with Gasteiger partial charge in [0, 0.05) is 0 Å². The Morgan fingerprint density at radius 1 is 1.07 bits per heavy atom. The second kappa shape index (κ2) is 9.95. The van der Waals surface area contributed by atoms with Crippen molar-refractivity contribution < 1.29 is 13.2 Å². The Balaban J connectivity index is 1.76. The Morgan fingerprint density at radius 3 is 2.37 bits per heavy atom. The molecular formula is C23H38O3S. The molecule has 0 bridgehead atoms. The van der Waals surface area contributed by atoms with Crippen LogP contribution in [0.4, 0.5) is 0 Å². The lowest BCUT2D eigenvalue weighted by molar-refractivity contribution is 0.278. The molecule has 3 nitrogen and oxygen atoms in total. The second-order valence-corrected chi connectivity index (χ2v) is 12.0. The highest BCUT2D eigenvalue weighted by atomic mass is 32.2. The Hall–Kier alpha value is -1.03. The molecule has 0 unspecified atom stereocenters. The van der Waals surface area contributed by atoms with E-state index in [2.05, 4.69) is 25.1 Å². The van der Waals surface area contributed by atoms with Gasteiger partial charge in [0.1, 0.15) is 5.75 Å². The molecule has 1 aliphatic carbocycles. The van der Waals surface area contributed by atoms with Crippen LogP contribution in [-0.2, 0) is 16.3 Å². The minimum absolute atomic E-state index is 0.348. The fraction of sp³-hybridized carbons (Fsp3) is 0.739. The van der Waals surface area contributed by atoms with E-state index in [0.717, 1.165) is 63.2 Å². The normalized spacial score (nSPS) is 21.2. The molecule has 0 heterocycles. The standard InChI is InChI=1S/C23H38O3S/c1-5-6-16-26-22-9-7-8-20(17-22)13-10-19-11-14-21(15-12-19)18-27(24,25)23(2,3)4/h7-9,17,19,21H,5-6,10-16,18H2,1-4H3. The number of benzene rings is 1. The molecule has 0 spiro atoms. The van der Waals surface area contributed by atoms with E-state index in [1.54, 1.807) is 0 Å². The first-order chi connectivity index (χ1) is 12.7. The summed E-state index contributed by atoms with van der Waals surface area (Å²) < 4.78 is 30.0. The van der Waals surface area contributed by atoms with Crippen LogP contribution in [0.1, 0.15) is 78.2 Å². The van der Waals surface area contributed by atoms with Gasteiger partial charge in [-0.2, -0.15) is 0 Å². The lowest BCUT2D eigenvalue weighted by atomic mass is 9.80. The van der Waals surface area contributed by atoms with Crippen LogP contribution >= 0.6 is 0 Å². The van der Waals surface area contributed by atoms with Gasteiger partial charge in [0.05, 0.1) is 17.1 Å². The van der Waals surface area contributed by atoms with E-state index >= 15 is 0 Å². The van der Waals surface area contributed by atoms with Crippen molar-refractivity contribution in [1.82, 2.24) is 0 Å². The van der Waals surface area contributed by atoms with Gasteiger partial charge in [-0.15, -0.1) is 0 Å². The first-order valence-electron chi connectivity index (χ1n) is 10.7. The van der Waals surface area contributed by atoms with Gasteiger partial charge in [-0.25, -0.2) is 8.42 Å². The molecule has 1 saturated carbocycles. The Morgan fingerprint density at radius 2 is 1.74 bits per heavy atom. The second-order valence-electron chi connectivity index (χ2n) is 9.17. The summed E-state index contributed by atoms with van der Waals surface area (Å²) in [5, 5.41) is 0. The molecule has 0 saturated heterocycles. The summed E-state index contributed by atoms with van der Waals surface area (Å²) in [4.78, 5) is 0. The summed E-state index contributed by atoms with van der Waals surface area (Å²) in [6, 6.07) is 8.50. The number of rotatable bonds is 9. The van der Waals surface area contributed by atoms with E-state index in [1.165, 1.54) is 12.0 Å². The summed E-state index contributed by atoms with van der Waals surface area (Å²) in [6.45, 7) is 8.41. The molecule has 4 heteroatoms. The molecule has 0 atom stereocenters. The maximum Gasteiger partial charge on any atom is 0.155 e. The van der Waals surface area contributed by atoms with E-state index in [9.17, 15) is 8.42 Å². The van der Waals surface area contributed by atoms with Crippen LogP contribution in [0.3, 0.4) is 0 Å². The molecule has 0 aliphatic heterocycles. The Bertz CT molecular complexity index is 665. The zero-order valence-corrected chi connectivity index (χ0v) is 18.5. The predicted octanol–water partition coefficient (Wildman–Crippen LogP) is 5.82. The van der Waals surface area contributed by atoms with Crippen molar-refractivity contribution in [1.29, 1.82) is 0 Å². The fourth-order valence-electron chi connectivity index (χ4n) is 3.74. The zero-order chi connectivity index (χ0) is 19.9. The van der Waals surface area contributed by atoms with Crippen LogP contribution in [0.25, 0.3) is 0 Å². The third kappa shape index (κ3) is 7.14. The van der Waals surface area contributed by atoms with Crippen molar-refractivity contribution in [3.63, 3.8) is 0 Å². The van der Waals surface area contributed by atoms with Crippen LogP contribution < -0.4 is 4.74 Å². The molecule has 1 aliphatic rings. The summed E-state index contributed by atoms with van der Waals surface area (Å²) >= 11 is 0. The van der Waals surface area contributed by atoms with Crippen molar-refractivity contribution in [2.24, 2.45) is 11.8 Å². The fourth-order valence-corrected chi connectivity index (χ4v) is 5.20. The van der Waals surface area contributed by atoms with Gasteiger partial charge in [0.2, 0.25) is 0 Å². The molecule has 0 radical (unpaired) electrons. The topological polar surface area (TPSA) is 43.4 Å². The molecule has 2 rings (SSSR count). The maximum absolute atomic E-state index is 12.4. The number of unbranched alkanes of at least 4 members (excludes halogenated alkanes) is 1. The van der Waals surface area contributed by atoms with Crippen LogP contribution in [0.5, 0.6) is 5.75 Å². The van der Waals surface area contributed by atoms with Gasteiger partial charge in [-0.1, -0.05) is 38.3 Å². The highest BCUT2D eigenvalue weighted by molar-refractivity contribution is 7.92. The molecule has 154 valence electrons. The lowest BCUT2D eigenvalue weighted by Gasteiger charge is -2.30. The first-order valence-corrected chi connectivity index (χ1v) is 12.3. The number of aryl methyl sites for hydroxylation is 1. The number of hydrogen-bond donors (Lipinski definition) is 0. The minimum Gasteiger partial charge on any atom is -0.494 e. The van der Waals surface area contributed by atoms with E-state index in [0.29, 0.717) is 11.7 Å². The molecule has 1 aromatic carbocycles. The van der Waals surface area contributed by atoms with Crippen molar-refractivity contribution >= 4 is 9.84 Å². The van der Waals surface area contributed by atoms with Crippen molar-refractivity contribution in [2.45, 2.75) is 83.8 Å². The van der Waals surface area contributed by atoms with Gasteiger partial charge in [-0.05, 0) is 82.4 Å². The summed E-state index contributed by atoms with van der Waals surface area (Å²) in [7, 11) is -3.00. The average Bonchev–Trinajstić information content (AvgIpc) is 2.60. The summed E-state index contributed by atoms with van der Waals surface area (Å²) in [5.74, 6) is 2.42. The van der Waals surface area contributed by atoms with Crippen LogP contribution in [0.15, 0.2) is 24.3 Å². The molecular weight excluding hydrogens is 356 g/mol. The highest BCUT2D eigenvalue weighted by Gasteiger charge is 2.33.